The van der Waals surface area contributed by atoms with Gasteiger partial charge in [-0.25, -0.2) is 4.79 Å². The van der Waals surface area contributed by atoms with E-state index in [0.717, 1.165) is 46.9 Å². The number of nitrogens with zero attached hydrogens (tertiary/aromatic N) is 1. The molecular formula is C32H39ClN2O4. The van der Waals surface area contributed by atoms with E-state index in [1.165, 1.54) is 0 Å². The quantitative estimate of drug-likeness (QED) is 0.305. The van der Waals surface area contributed by atoms with Crippen molar-refractivity contribution >= 4 is 28.6 Å². The van der Waals surface area contributed by atoms with Crippen LogP contribution in [0.3, 0.4) is 0 Å². The Hall–Kier alpha value is -3.25. The van der Waals surface area contributed by atoms with E-state index in [4.69, 9.17) is 21.1 Å². The molecule has 39 heavy (non-hydrogen) atoms. The number of H-pyrrole nitrogens is 1. The van der Waals surface area contributed by atoms with Gasteiger partial charge in [0.05, 0.1) is 17.7 Å². The number of piperidine rings is 1. The molecule has 1 aromatic heterocycles. The molecule has 0 saturated carbocycles. The van der Waals surface area contributed by atoms with Crippen molar-refractivity contribution in [3.8, 4) is 16.9 Å². The molecule has 2 aromatic carbocycles. The molecule has 1 fully saturated rings. The molecule has 1 atom stereocenters. The van der Waals surface area contributed by atoms with E-state index in [2.05, 4.69) is 17.6 Å². The summed E-state index contributed by atoms with van der Waals surface area (Å²) < 4.78 is 12.2. The number of carbonyl (C=O) groups is 1. The second kappa shape index (κ2) is 11.9. The number of carbonyl (C=O) groups excluding carboxylic acids is 1. The summed E-state index contributed by atoms with van der Waals surface area (Å²) in [4.78, 5) is 31.2. The van der Waals surface area contributed by atoms with E-state index < -0.39 is 5.60 Å². The van der Waals surface area contributed by atoms with Gasteiger partial charge in [0.15, 0.2) is 0 Å². The number of hydrogen-bond acceptors (Lipinski definition) is 4. The lowest BCUT2D eigenvalue weighted by Crippen LogP contribution is -2.46. The molecule has 0 bridgehead atoms. The molecule has 6 nitrogen and oxygen atoms in total. The molecule has 1 N–H and O–H groups in total. The van der Waals surface area contributed by atoms with Crippen molar-refractivity contribution < 1.29 is 14.3 Å². The van der Waals surface area contributed by atoms with Crippen LogP contribution >= 0.6 is 11.6 Å². The third-order valence-corrected chi connectivity index (χ3v) is 7.31. The lowest BCUT2D eigenvalue weighted by molar-refractivity contribution is 0.00745. The molecule has 1 amide bonds. The number of aromatic nitrogens is 1. The third-order valence-electron chi connectivity index (χ3n) is 6.96. The summed E-state index contributed by atoms with van der Waals surface area (Å²) in [7, 11) is 0. The Balaban J connectivity index is 1.72. The number of nitrogens with one attached hydrogen (secondary N) is 1. The van der Waals surface area contributed by atoms with Crippen LogP contribution < -0.4 is 10.3 Å². The maximum Gasteiger partial charge on any atom is 0.410 e. The van der Waals surface area contributed by atoms with E-state index in [9.17, 15) is 9.59 Å². The minimum Gasteiger partial charge on any atom is -0.492 e. The van der Waals surface area contributed by atoms with Crippen LogP contribution in [0.2, 0.25) is 5.02 Å². The number of fused-ring (bicyclic) bond motifs is 1. The predicted molar refractivity (Wildman–Crippen MR) is 159 cm³/mol. The molecule has 7 heteroatoms. The van der Waals surface area contributed by atoms with Gasteiger partial charge in [-0.15, -0.1) is 6.58 Å². The normalized spacial score (nSPS) is 15.8. The van der Waals surface area contributed by atoms with Crippen LogP contribution in [0, 0.1) is 13.8 Å². The molecule has 208 valence electrons. The number of amides is 1. The van der Waals surface area contributed by atoms with E-state index >= 15 is 0 Å². The van der Waals surface area contributed by atoms with Crippen LogP contribution in [0.25, 0.3) is 22.0 Å². The molecule has 0 radical (unpaired) electrons. The first-order valence-corrected chi connectivity index (χ1v) is 14.0. The Bertz CT molecular complexity index is 1420. The fourth-order valence-electron chi connectivity index (χ4n) is 5.33. The number of allylic oxidation sites excluding steroid dienone is 1. The van der Waals surface area contributed by atoms with Crippen molar-refractivity contribution in [1.82, 2.24) is 9.88 Å². The maximum absolute atomic E-state index is 13.5. The van der Waals surface area contributed by atoms with Gasteiger partial charge < -0.3 is 19.4 Å². The summed E-state index contributed by atoms with van der Waals surface area (Å²) in [5.74, 6) is 0.528. The molecule has 4 rings (SSSR count). The summed E-state index contributed by atoms with van der Waals surface area (Å²) in [6, 6.07) is 9.85. The van der Waals surface area contributed by atoms with Gasteiger partial charge in [0, 0.05) is 29.4 Å². The van der Waals surface area contributed by atoms with Crippen molar-refractivity contribution in [2.24, 2.45) is 0 Å². The highest BCUT2D eigenvalue weighted by molar-refractivity contribution is 6.32. The van der Waals surface area contributed by atoms with Gasteiger partial charge in [-0.05, 0) is 83.6 Å². The van der Waals surface area contributed by atoms with Crippen molar-refractivity contribution in [2.75, 3.05) is 13.2 Å². The maximum atomic E-state index is 13.5. The third kappa shape index (κ3) is 6.85. The summed E-state index contributed by atoms with van der Waals surface area (Å²) in [6.07, 6.45) is 5.65. The van der Waals surface area contributed by atoms with Crippen LogP contribution in [-0.2, 0) is 11.2 Å². The fourth-order valence-corrected chi connectivity index (χ4v) is 5.57. The van der Waals surface area contributed by atoms with Gasteiger partial charge in [0.25, 0.3) is 5.56 Å². The molecule has 2 heterocycles. The topological polar surface area (TPSA) is 71.6 Å². The number of rotatable bonds is 7. The van der Waals surface area contributed by atoms with Gasteiger partial charge in [-0.2, -0.15) is 0 Å². The highest BCUT2D eigenvalue weighted by Crippen LogP contribution is 2.37. The predicted octanol–water partition coefficient (Wildman–Crippen LogP) is 7.75. The Kier molecular flexibility index (Phi) is 8.75. The summed E-state index contributed by atoms with van der Waals surface area (Å²) in [5.41, 5.74) is 4.17. The smallest absolute Gasteiger partial charge is 0.410 e. The zero-order valence-electron chi connectivity index (χ0n) is 23.7. The van der Waals surface area contributed by atoms with Gasteiger partial charge in [0.2, 0.25) is 0 Å². The Morgan fingerprint density at radius 3 is 2.54 bits per heavy atom. The molecule has 1 aliphatic rings. The zero-order valence-corrected chi connectivity index (χ0v) is 24.4. The zero-order chi connectivity index (χ0) is 28.3. The van der Waals surface area contributed by atoms with Crippen molar-refractivity contribution in [3.63, 3.8) is 0 Å². The first-order chi connectivity index (χ1) is 18.5. The summed E-state index contributed by atoms with van der Waals surface area (Å²) in [6.45, 7) is 14.5. The first-order valence-electron chi connectivity index (χ1n) is 13.7. The fraction of sp³-hybridized carbons (Fsp3) is 0.438. The monoisotopic (exact) mass is 550 g/mol. The Labute approximate surface area is 236 Å². The largest absolute Gasteiger partial charge is 0.492 e. The molecule has 0 aliphatic carbocycles. The Morgan fingerprint density at radius 1 is 1.15 bits per heavy atom. The highest BCUT2D eigenvalue weighted by Gasteiger charge is 2.30. The summed E-state index contributed by atoms with van der Waals surface area (Å²) in [5, 5.41) is 1.36. The average Bonchev–Trinajstić information content (AvgIpc) is 2.83. The highest BCUT2D eigenvalue weighted by atomic mass is 35.5. The van der Waals surface area contributed by atoms with Crippen LogP contribution in [-0.4, -0.2) is 40.8 Å². The first kappa shape index (κ1) is 28.8. The second-order valence-corrected chi connectivity index (χ2v) is 11.9. The summed E-state index contributed by atoms with van der Waals surface area (Å²) >= 11 is 6.52. The van der Waals surface area contributed by atoms with E-state index in [0.29, 0.717) is 47.8 Å². The second-order valence-electron chi connectivity index (χ2n) is 11.5. The lowest BCUT2D eigenvalue weighted by Gasteiger charge is -2.36. The van der Waals surface area contributed by atoms with Crippen molar-refractivity contribution in [2.45, 2.75) is 78.4 Å². The van der Waals surface area contributed by atoms with Crippen LogP contribution in [0.1, 0.15) is 63.1 Å². The molecule has 1 unspecified atom stereocenters. The number of benzene rings is 2. The number of aromatic amines is 1. The molecule has 1 aliphatic heterocycles. The van der Waals surface area contributed by atoms with Crippen molar-refractivity contribution in [1.29, 1.82) is 0 Å². The molecular weight excluding hydrogens is 512 g/mol. The van der Waals surface area contributed by atoms with Crippen LogP contribution in [0.15, 0.2) is 47.8 Å². The van der Waals surface area contributed by atoms with Gasteiger partial charge >= 0.3 is 6.09 Å². The van der Waals surface area contributed by atoms with Crippen LogP contribution in [0.5, 0.6) is 5.75 Å². The number of ether oxygens (including phenoxy) is 2. The van der Waals surface area contributed by atoms with E-state index in [-0.39, 0.29) is 17.7 Å². The molecule has 1 saturated heterocycles. The average molecular weight is 551 g/mol. The SMILES string of the molecule is C=CCc1cc2c(OCCC3CCCCN3C(=O)OC(C)(C)C)c(-c3cc(C)cc(C)c3)c(=O)[nH]c2cc1Cl. The minimum absolute atomic E-state index is 0.0114. The standard InChI is InChI=1S/C32H39ClN2O4/c1-7-10-22-18-25-27(19-26(22)33)34-30(36)28(23-16-20(2)15-21(3)17-23)29(25)38-14-12-24-11-8-9-13-35(24)31(37)39-32(4,5)6/h7,15-19,24H,1,8-14H2,2-6H3,(H,34,36). The Morgan fingerprint density at radius 2 is 1.87 bits per heavy atom. The van der Waals surface area contributed by atoms with Gasteiger partial charge in [-0.3, -0.25) is 4.79 Å². The molecule has 3 aromatic rings. The van der Waals surface area contributed by atoms with Crippen LogP contribution in [0.4, 0.5) is 4.79 Å². The van der Waals surface area contributed by atoms with E-state index in [1.54, 1.807) is 12.1 Å². The number of halogens is 1. The number of aryl methyl sites for hydroxylation is 2. The minimum atomic E-state index is -0.551. The lowest BCUT2D eigenvalue weighted by atomic mass is 9.98. The number of hydrogen-bond donors (Lipinski definition) is 1. The number of pyridine rings is 1. The number of likely N-dealkylation sites (tertiary alicyclic amines) is 1. The van der Waals surface area contributed by atoms with Gasteiger partial charge in [-0.1, -0.05) is 47.0 Å². The van der Waals surface area contributed by atoms with Crippen molar-refractivity contribution in [3.05, 3.63) is 75.1 Å². The van der Waals surface area contributed by atoms with Gasteiger partial charge in [0.1, 0.15) is 11.4 Å². The molecule has 0 spiro atoms. The van der Waals surface area contributed by atoms with E-state index in [1.807, 2.05) is 57.7 Å².